The standard InChI is InChI=1S/C18H25N3O6S/c1-11(2)15(19-16(22)12-4-6-14(27-3)7-5-12)18(24)21-20-17(23)13-8-9-28(25,26)10-13/h4-7,11,13,15H,8-10H2,1-3H3,(H,19,22)(H,20,23)(H,21,24)/t13-,15-/m0/s1. The Morgan fingerprint density at radius 1 is 1.11 bits per heavy atom. The van der Waals surface area contributed by atoms with Crippen LogP contribution < -0.4 is 20.9 Å². The quantitative estimate of drug-likeness (QED) is 0.566. The minimum atomic E-state index is -3.20. The van der Waals surface area contributed by atoms with Gasteiger partial charge >= 0.3 is 0 Å². The minimum absolute atomic E-state index is 0.0361. The normalized spacial score (nSPS) is 18.9. The molecule has 9 nitrogen and oxygen atoms in total. The van der Waals surface area contributed by atoms with Gasteiger partial charge in [0.1, 0.15) is 11.8 Å². The molecule has 0 aliphatic carbocycles. The summed E-state index contributed by atoms with van der Waals surface area (Å²) >= 11 is 0. The van der Waals surface area contributed by atoms with Crippen LogP contribution in [0.15, 0.2) is 24.3 Å². The molecule has 0 unspecified atom stereocenters. The lowest BCUT2D eigenvalue weighted by Crippen LogP contribution is -2.55. The zero-order valence-electron chi connectivity index (χ0n) is 16.0. The maximum Gasteiger partial charge on any atom is 0.261 e. The van der Waals surface area contributed by atoms with Gasteiger partial charge in [0.05, 0.1) is 24.5 Å². The molecular weight excluding hydrogens is 386 g/mol. The molecule has 0 radical (unpaired) electrons. The van der Waals surface area contributed by atoms with E-state index in [0.717, 1.165) is 0 Å². The van der Waals surface area contributed by atoms with E-state index in [2.05, 4.69) is 16.2 Å². The number of sulfone groups is 1. The van der Waals surface area contributed by atoms with Gasteiger partial charge in [-0.05, 0) is 36.6 Å². The maximum atomic E-state index is 12.4. The SMILES string of the molecule is COc1ccc(C(=O)N[C@H](C(=O)NNC(=O)[C@H]2CCS(=O)(=O)C2)C(C)C)cc1. The molecule has 1 fully saturated rings. The number of carbonyl (C=O) groups excluding carboxylic acids is 3. The van der Waals surface area contributed by atoms with Crippen LogP contribution in [-0.2, 0) is 19.4 Å². The molecule has 0 spiro atoms. The van der Waals surface area contributed by atoms with Gasteiger partial charge in [-0.15, -0.1) is 0 Å². The van der Waals surface area contributed by atoms with Crippen molar-refractivity contribution in [1.29, 1.82) is 0 Å². The van der Waals surface area contributed by atoms with E-state index in [4.69, 9.17) is 4.74 Å². The Bertz CT molecular complexity index is 835. The van der Waals surface area contributed by atoms with Gasteiger partial charge in [0.25, 0.3) is 11.8 Å². The number of ether oxygens (including phenoxy) is 1. The molecule has 1 aromatic carbocycles. The Hall–Kier alpha value is -2.62. The van der Waals surface area contributed by atoms with Gasteiger partial charge < -0.3 is 10.1 Å². The van der Waals surface area contributed by atoms with E-state index >= 15 is 0 Å². The van der Waals surface area contributed by atoms with Crippen LogP contribution in [0.3, 0.4) is 0 Å². The molecule has 1 aliphatic heterocycles. The highest BCUT2D eigenvalue weighted by atomic mass is 32.2. The van der Waals surface area contributed by atoms with Gasteiger partial charge in [-0.3, -0.25) is 25.2 Å². The van der Waals surface area contributed by atoms with Crippen molar-refractivity contribution in [2.45, 2.75) is 26.3 Å². The number of rotatable bonds is 6. The van der Waals surface area contributed by atoms with E-state index in [9.17, 15) is 22.8 Å². The van der Waals surface area contributed by atoms with Gasteiger partial charge in [0.15, 0.2) is 9.84 Å². The number of hydrazine groups is 1. The zero-order valence-corrected chi connectivity index (χ0v) is 16.8. The third kappa shape index (κ3) is 5.69. The Balaban J connectivity index is 1.93. The van der Waals surface area contributed by atoms with E-state index < -0.39 is 39.5 Å². The lowest BCUT2D eigenvalue weighted by atomic mass is 10.0. The molecule has 1 heterocycles. The third-order valence-electron chi connectivity index (χ3n) is 4.50. The molecule has 0 bridgehead atoms. The van der Waals surface area contributed by atoms with Crippen LogP contribution in [0.4, 0.5) is 0 Å². The first-order valence-corrected chi connectivity index (χ1v) is 10.7. The molecule has 0 saturated carbocycles. The molecule has 2 rings (SSSR count). The fraction of sp³-hybridized carbons (Fsp3) is 0.500. The summed E-state index contributed by atoms with van der Waals surface area (Å²) in [4.78, 5) is 36.9. The van der Waals surface area contributed by atoms with Gasteiger partial charge in [0.2, 0.25) is 5.91 Å². The predicted molar refractivity (Wildman–Crippen MR) is 102 cm³/mol. The lowest BCUT2D eigenvalue weighted by Gasteiger charge is -2.22. The number of hydrogen-bond donors (Lipinski definition) is 3. The second-order valence-electron chi connectivity index (χ2n) is 7.00. The molecule has 0 aromatic heterocycles. The van der Waals surface area contributed by atoms with Crippen molar-refractivity contribution in [2.24, 2.45) is 11.8 Å². The van der Waals surface area contributed by atoms with Crippen LogP contribution in [0.1, 0.15) is 30.6 Å². The largest absolute Gasteiger partial charge is 0.497 e. The highest BCUT2D eigenvalue weighted by Gasteiger charge is 2.33. The summed E-state index contributed by atoms with van der Waals surface area (Å²) in [7, 11) is -1.68. The first-order valence-electron chi connectivity index (χ1n) is 8.88. The van der Waals surface area contributed by atoms with Gasteiger partial charge in [-0.25, -0.2) is 8.42 Å². The summed E-state index contributed by atoms with van der Waals surface area (Å²) in [6, 6.07) is 5.53. The van der Waals surface area contributed by atoms with Crippen molar-refractivity contribution in [2.75, 3.05) is 18.6 Å². The van der Waals surface area contributed by atoms with Crippen LogP contribution >= 0.6 is 0 Å². The summed E-state index contributed by atoms with van der Waals surface area (Å²) in [5.41, 5.74) is 4.89. The fourth-order valence-electron chi connectivity index (χ4n) is 2.81. The number of amides is 3. The molecule has 28 heavy (non-hydrogen) atoms. The maximum absolute atomic E-state index is 12.4. The summed E-state index contributed by atoms with van der Waals surface area (Å²) < 4.78 is 28.0. The highest BCUT2D eigenvalue weighted by molar-refractivity contribution is 7.91. The monoisotopic (exact) mass is 411 g/mol. The fourth-order valence-corrected chi connectivity index (χ4v) is 4.55. The predicted octanol–water partition coefficient (Wildman–Crippen LogP) is 0.0317. The van der Waals surface area contributed by atoms with Crippen molar-refractivity contribution in [3.05, 3.63) is 29.8 Å². The Labute approximate surface area is 164 Å². The van der Waals surface area contributed by atoms with Crippen molar-refractivity contribution >= 4 is 27.6 Å². The van der Waals surface area contributed by atoms with Crippen molar-refractivity contribution in [3.63, 3.8) is 0 Å². The number of hydrogen-bond acceptors (Lipinski definition) is 6. The van der Waals surface area contributed by atoms with E-state index in [1.54, 1.807) is 38.1 Å². The summed E-state index contributed by atoms with van der Waals surface area (Å²) in [6.45, 7) is 3.51. The Kier molecular flexibility index (Phi) is 7.00. The average molecular weight is 411 g/mol. The molecule has 1 saturated heterocycles. The highest BCUT2D eigenvalue weighted by Crippen LogP contribution is 2.18. The minimum Gasteiger partial charge on any atom is -0.497 e. The number of methoxy groups -OCH3 is 1. The van der Waals surface area contributed by atoms with Crippen LogP contribution in [0.2, 0.25) is 0 Å². The number of carbonyl (C=O) groups is 3. The van der Waals surface area contributed by atoms with Crippen LogP contribution in [0, 0.1) is 11.8 Å². The molecule has 10 heteroatoms. The second kappa shape index (κ2) is 9.05. The topological polar surface area (TPSA) is 131 Å². The van der Waals surface area contributed by atoms with E-state index in [0.29, 0.717) is 11.3 Å². The summed E-state index contributed by atoms with van der Waals surface area (Å²) in [5.74, 6) is -2.18. The molecule has 1 aromatic rings. The van der Waals surface area contributed by atoms with E-state index in [-0.39, 0.29) is 23.8 Å². The molecule has 2 atom stereocenters. The number of benzene rings is 1. The van der Waals surface area contributed by atoms with Crippen molar-refractivity contribution in [1.82, 2.24) is 16.2 Å². The third-order valence-corrected chi connectivity index (χ3v) is 6.27. The zero-order chi connectivity index (χ0) is 20.9. The summed E-state index contributed by atoms with van der Waals surface area (Å²) in [6.07, 6.45) is 0.228. The molecule has 1 aliphatic rings. The Morgan fingerprint density at radius 3 is 2.25 bits per heavy atom. The molecule has 3 amide bonds. The smallest absolute Gasteiger partial charge is 0.261 e. The average Bonchev–Trinajstić information content (AvgIpc) is 3.03. The van der Waals surface area contributed by atoms with Crippen LogP contribution in [-0.4, -0.2) is 50.8 Å². The van der Waals surface area contributed by atoms with E-state index in [1.807, 2.05) is 0 Å². The van der Waals surface area contributed by atoms with Crippen molar-refractivity contribution < 1.29 is 27.5 Å². The van der Waals surface area contributed by atoms with Gasteiger partial charge in [-0.1, -0.05) is 13.8 Å². The first kappa shape index (κ1) is 21.7. The van der Waals surface area contributed by atoms with Crippen LogP contribution in [0.5, 0.6) is 5.75 Å². The first-order chi connectivity index (χ1) is 13.1. The van der Waals surface area contributed by atoms with Crippen LogP contribution in [0.25, 0.3) is 0 Å². The van der Waals surface area contributed by atoms with Gasteiger partial charge in [0, 0.05) is 5.56 Å². The van der Waals surface area contributed by atoms with Gasteiger partial charge in [-0.2, -0.15) is 0 Å². The van der Waals surface area contributed by atoms with Crippen molar-refractivity contribution in [3.8, 4) is 5.75 Å². The Morgan fingerprint density at radius 2 is 1.75 bits per heavy atom. The summed E-state index contributed by atoms with van der Waals surface area (Å²) in [5, 5.41) is 2.64. The second-order valence-corrected chi connectivity index (χ2v) is 9.23. The molecular formula is C18H25N3O6S. The molecule has 154 valence electrons. The lowest BCUT2D eigenvalue weighted by molar-refractivity contribution is -0.132. The molecule has 3 N–H and O–H groups in total. The van der Waals surface area contributed by atoms with E-state index in [1.165, 1.54) is 7.11 Å². The number of nitrogens with one attached hydrogen (secondary N) is 3.